The lowest BCUT2D eigenvalue weighted by Crippen LogP contribution is -2.12. The Morgan fingerprint density at radius 1 is 1.32 bits per heavy atom. The summed E-state index contributed by atoms with van der Waals surface area (Å²) in [6.45, 7) is 8.10. The van der Waals surface area contributed by atoms with Crippen LogP contribution in [0.3, 0.4) is 0 Å². The van der Waals surface area contributed by atoms with Crippen molar-refractivity contribution in [3.8, 4) is 5.69 Å². The molecular formula is C15H20ClN3. The molecule has 19 heavy (non-hydrogen) atoms. The van der Waals surface area contributed by atoms with Crippen LogP contribution in [0.5, 0.6) is 0 Å². The average molecular weight is 278 g/mol. The molecule has 0 aliphatic rings. The van der Waals surface area contributed by atoms with E-state index in [1.807, 2.05) is 23.0 Å². The van der Waals surface area contributed by atoms with Gasteiger partial charge >= 0.3 is 0 Å². The number of nitrogens with one attached hydrogen (secondary N) is 1. The summed E-state index contributed by atoms with van der Waals surface area (Å²) in [5.41, 5.74) is 3.20. The monoisotopic (exact) mass is 277 g/mol. The van der Waals surface area contributed by atoms with Gasteiger partial charge in [0.05, 0.1) is 11.4 Å². The third kappa shape index (κ3) is 3.37. The molecule has 0 unspecified atom stereocenters. The lowest BCUT2D eigenvalue weighted by atomic mass is 10.1. The molecule has 0 fully saturated rings. The number of aromatic nitrogens is 2. The predicted octanol–water partition coefficient (Wildman–Crippen LogP) is 3.76. The van der Waals surface area contributed by atoms with Crippen LogP contribution in [-0.2, 0) is 6.54 Å². The minimum atomic E-state index is 0.435. The van der Waals surface area contributed by atoms with Gasteiger partial charge < -0.3 is 5.32 Å². The Morgan fingerprint density at radius 2 is 2.11 bits per heavy atom. The second kappa shape index (κ2) is 6.22. The lowest BCUT2D eigenvalue weighted by molar-refractivity contribution is 0.726. The van der Waals surface area contributed by atoms with Crippen LogP contribution in [0.2, 0.25) is 5.02 Å². The fourth-order valence-electron chi connectivity index (χ4n) is 1.87. The van der Waals surface area contributed by atoms with E-state index in [1.54, 1.807) is 0 Å². The number of nitrogens with zero attached hydrogens (tertiary/aromatic N) is 2. The van der Waals surface area contributed by atoms with Gasteiger partial charge in [-0.05, 0) is 36.2 Å². The van der Waals surface area contributed by atoms with E-state index in [9.17, 15) is 0 Å². The molecule has 102 valence electrons. The number of hydrogen-bond donors (Lipinski definition) is 1. The minimum Gasteiger partial charge on any atom is -0.313 e. The summed E-state index contributed by atoms with van der Waals surface area (Å²) in [5.74, 6) is 0.435. The highest BCUT2D eigenvalue weighted by Crippen LogP contribution is 2.21. The Labute approximate surface area is 119 Å². The van der Waals surface area contributed by atoms with E-state index in [-0.39, 0.29) is 0 Å². The number of hydrogen-bond acceptors (Lipinski definition) is 2. The van der Waals surface area contributed by atoms with Crippen molar-refractivity contribution in [3.05, 3.63) is 46.7 Å². The predicted molar refractivity (Wildman–Crippen MR) is 80.0 cm³/mol. The van der Waals surface area contributed by atoms with Gasteiger partial charge in [0, 0.05) is 17.8 Å². The molecule has 3 nitrogen and oxygen atoms in total. The molecule has 0 spiro atoms. The molecule has 0 saturated heterocycles. The summed E-state index contributed by atoms with van der Waals surface area (Å²) in [6, 6.07) is 8.11. The Hall–Kier alpha value is -1.32. The third-order valence-corrected chi connectivity index (χ3v) is 3.42. The first-order chi connectivity index (χ1) is 9.11. The molecule has 0 amide bonds. The first kappa shape index (κ1) is 14.1. The molecule has 0 aliphatic heterocycles. The van der Waals surface area contributed by atoms with Crippen LogP contribution in [0.4, 0.5) is 0 Å². The smallest absolute Gasteiger partial charge is 0.0660 e. The standard InChI is InChI=1S/C15H20ClN3/c1-4-17-10-12-5-6-13(9-14(12)16)19-8-7-15(18-19)11(2)3/h5-9,11,17H,4,10H2,1-3H3. The molecular weight excluding hydrogens is 258 g/mol. The van der Waals surface area contributed by atoms with Crippen molar-refractivity contribution < 1.29 is 0 Å². The van der Waals surface area contributed by atoms with Crippen LogP contribution in [0.25, 0.3) is 5.69 Å². The fourth-order valence-corrected chi connectivity index (χ4v) is 2.11. The summed E-state index contributed by atoms with van der Waals surface area (Å²) in [5, 5.41) is 8.61. The van der Waals surface area contributed by atoms with E-state index in [1.165, 1.54) is 0 Å². The summed E-state index contributed by atoms with van der Waals surface area (Å²) in [7, 11) is 0. The quantitative estimate of drug-likeness (QED) is 0.902. The van der Waals surface area contributed by atoms with Crippen LogP contribution in [-0.4, -0.2) is 16.3 Å². The maximum atomic E-state index is 6.30. The highest BCUT2D eigenvalue weighted by Gasteiger charge is 2.07. The van der Waals surface area contributed by atoms with Gasteiger partial charge in [-0.25, -0.2) is 4.68 Å². The van der Waals surface area contributed by atoms with Crippen molar-refractivity contribution >= 4 is 11.6 Å². The van der Waals surface area contributed by atoms with Gasteiger partial charge in [0.25, 0.3) is 0 Å². The maximum Gasteiger partial charge on any atom is 0.0660 e. The zero-order valence-electron chi connectivity index (χ0n) is 11.7. The molecule has 1 N–H and O–H groups in total. The average Bonchev–Trinajstić information content (AvgIpc) is 2.87. The first-order valence-corrected chi connectivity index (χ1v) is 7.04. The van der Waals surface area contributed by atoms with Crippen molar-refractivity contribution in [1.29, 1.82) is 0 Å². The van der Waals surface area contributed by atoms with E-state index >= 15 is 0 Å². The molecule has 1 aromatic carbocycles. The van der Waals surface area contributed by atoms with E-state index in [0.717, 1.165) is 35.1 Å². The van der Waals surface area contributed by atoms with Crippen LogP contribution in [0.15, 0.2) is 30.5 Å². The van der Waals surface area contributed by atoms with E-state index in [2.05, 4.69) is 43.3 Å². The molecule has 0 radical (unpaired) electrons. The van der Waals surface area contributed by atoms with Gasteiger partial charge in [0.15, 0.2) is 0 Å². The Bertz CT molecular complexity index is 546. The van der Waals surface area contributed by atoms with Gasteiger partial charge in [-0.1, -0.05) is 38.4 Å². The van der Waals surface area contributed by atoms with E-state index in [4.69, 9.17) is 11.6 Å². The zero-order valence-corrected chi connectivity index (χ0v) is 12.4. The molecule has 0 bridgehead atoms. The highest BCUT2D eigenvalue weighted by molar-refractivity contribution is 6.31. The minimum absolute atomic E-state index is 0.435. The largest absolute Gasteiger partial charge is 0.313 e. The highest BCUT2D eigenvalue weighted by atomic mass is 35.5. The second-order valence-electron chi connectivity index (χ2n) is 4.90. The van der Waals surface area contributed by atoms with Crippen LogP contribution in [0, 0.1) is 0 Å². The molecule has 2 rings (SSSR count). The second-order valence-corrected chi connectivity index (χ2v) is 5.30. The maximum absolute atomic E-state index is 6.30. The van der Waals surface area contributed by atoms with Crippen LogP contribution in [0.1, 0.15) is 37.9 Å². The normalized spacial score (nSPS) is 11.2. The van der Waals surface area contributed by atoms with Crippen molar-refractivity contribution in [2.24, 2.45) is 0 Å². The molecule has 0 saturated carbocycles. The number of halogens is 1. The van der Waals surface area contributed by atoms with Gasteiger partial charge in [-0.3, -0.25) is 0 Å². The third-order valence-electron chi connectivity index (χ3n) is 3.07. The van der Waals surface area contributed by atoms with E-state index in [0.29, 0.717) is 5.92 Å². The molecule has 0 atom stereocenters. The van der Waals surface area contributed by atoms with Gasteiger partial charge in [-0.2, -0.15) is 5.10 Å². The SMILES string of the molecule is CCNCc1ccc(-n2ccc(C(C)C)n2)cc1Cl. The lowest BCUT2D eigenvalue weighted by Gasteiger charge is -2.08. The molecule has 2 aromatic rings. The zero-order chi connectivity index (χ0) is 13.8. The van der Waals surface area contributed by atoms with Gasteiger partial charge in [0.1, 0.15) is 0 Å². The van der Waals surface area contributed by atoms with Crippen LogP contribution >= 0.6 is 11.6 Å². The molecule has 0 aliphatic carbocycles. The number of benzene rings is 1. The van der Waals surface area contributed by atoms with Crippen molar-refractivity contribution in [2.45, 2.75) is 33.2 Å². The van der Waals surface area contributed by atoms with Crippen molar-refractivity contribution in [1.82, 2.24) is 15.1 Å². The topological polar surface area (TPSA) is 29.9 Å². The van der Waals surface area contributed by atoms with Crippen molar-refractivity contribution in [2.75, 3.05) is 6.54 Å². The van der Waals surface area contributed by atoms with Gasteiger partial charge in [0.2, 0.25) is 0 Å². The molecule has 1 heterocycles. The first-order valence-electron chi connectivity index (χ1n) is 6.67. The van der Waals surface area contributed by atoms with E-state index < -0.39 is 0 Å². The molecule has 1 aromatic heterocycles. The van der Waals surface area contributed by atoms with Crippen molar-refractivity contribution in [3.63, 3.8) is 0 Å². The van der Waals surface area contributed by atoms with Gasteiger partial charge in [-0.15, -0.1) is 0 Å². The Kier molecular flexibility index (Phi) is 4.61. The number of rotatable bonds is 5. The summed E-state index contributed by atoms with van der Waals surface area (Å²) < 4.78 is 1.87. The summed E-state index contributed by atoms with van der Waals surface area (Å²) in [4.78, 5) is 0. The fraction of sp³-hybridized carbons (Fsp3) is 0.400. The molecule has 4 heteroatoms. The Balaban J connectivity index is 2.23. The summed E-state index contributed by atoms with van der Waals surface area (Å²) in [6.07, 6.45) is 1.98. The summed E-state index contributed by atoms with van der Waals surface area (Å²) >= 11 is 6.30. The Morgan fingerprint density at radius 3 is 2.68 bits per heavy atom. The van der Waals surface area contributed by atoms with Crippen LogP contribution < -0.4 is 5.32 Å².